The Morgan fingerprint density at radius 2 is 2.20 bits per heavy atom. The van der Waals surface area contributed by atoms with Gasteiger partial charge in [-0.15, -0.1) is 0 Å². The fourth-order valence-corrected chi connectivity index (χ4v) is 0.801. The smallest absolute Gasteiger partial charge is 0.0966 e. The number of nitrogens with one attached hydrogen (secondary N) is 1. The first-order valence-electron chi connectivity index (χ1n) is 4.07. The Kier molecular flexibility index (Phi) is 6.98. The third-order valence-corrected chi connectivity index (χ3v) is 1.48. The largest absolute Gasteiger partial charge is 0.363 e. The summed E-state index contributed by atoms with van der Waals surface area (Å²) in [6.07, 6.45) is 4.11. The SMILES string of the molecule is CCCCC(C)OCNC. The van der Waals surface area contributed by atoms with Crippen LogP contribution < -0.4 is 5.32 Å². The molecule has 0 aliphatic rings. The summed E-state index contributed by atoms with van der Waals surface area (Å²) in [7, 11) is 1.90. The second-order valence-corrected chi connectivity index (χ2v) is 2.62. The van der Waals surface area contributed by atoms with Gasteiger partial charge in [-0.2, -0.15) is 0 Å². The van der Waals surface area contributed by atoms with Crippen LogP contribution in [0.25, 0.3) is 0 Å². The lowest BCUT2D eigenvalue weighted by molar-refractivity contribution is 0.0495. The molecule has 0 heterocycles. The minimum atomic E-state index is 0.410. The minimum absolute atomic E-state index is 0.410. The first-order valence-corrected chi connectivity index (χ1v) is 4.07. The van der Waals surface area contributed by atoms with Crippen molar-refractivity contribution in [3.63, 3.8) is 0 Å². The monoisotopic (exact) mass is 145 g/mol. The van der Waals surface area contributed by atoms with Crippen molar-refractivity contribution in [1.82, 2.24) is 5.32 Å². The fourth-order valence-electron chi connectivity index (χ4n) is 0.801. The third-order valence-electron chi connectivity index (χ3n) is 1.48. The maximum atomic E-state index is 5.38. The number of ether oxygens (including phenoxy) is 1. The molecule has 10 heavy (non-hydrogen) atoms. The average molecular weight is 145 g/mol. The number of rotatable bonds is 6. The van der Waals surface area contributed by atoms with E-state index < -0.39 is 0 Å². The van der Waals surface area contributed by atoms with Crippen molar-refractivity contribution >= 4 is 0 Å². The molecule has 62 valence electrons. The Labute approximate surface area is 64.0 Å². The molecule has 0 rings (SSSR count). The summed E-state index contributed by atoms with van der Waals surface area (Å²) in [5.74, 6) is 0. The van der Waals surface area contributed by atoms with Crippen LogP contribution in [0.4, 0.5) is 0 Å². The topological polar surface area (TPSA) is 21.3 Å². The number of hydrogen-bond acceptors (Lipinski definition) is 2. The van der Waals surface area contributed by atoms with Gasteiger partial charge in [-0.05, 0) is 20.4 Å². The zero-order valence-corrected chi connectivity index (χ0v) is 7.31. The van der Waals surface area contributed by atoms with Crippen LogP contribution in [0.3, 0.4) is 0 Å². The molecule has 0 aliphatic carbocycles. The second kappa shape index (κ2) is 7.03. The molecule has 0 aliphatic heterocycles. The van der Waals surface area contributed by atoms with Crippen molar-refractivity contribution in [2.45, 2.75) is 39.2 Å². The van der Waals surface area contributed by atoms with Gasteiger partial charge in [0.15, 0.2) is 0 Å². The van der Waals surface area contributed by atoms with E-state index >= 15 is 0 Å². The molecule has 0 bridgehead atoms. The highest BCUT2D eigenvalue weighted by Crippen LogP contribution is 2.02. The van der Waals surface area contributed by atoms with E-state index in [2.05, 4.69) is 19.2 Å². The summed E-state index contributed by atoms with van der Waals surface area (Å²) in [4.78, 5) is 0. The maximum absolute atomic E-state index is 5.38. The first-order chi connectivity index (χ1) is 4.81. The first kappa shape index (κ1) is 9.92. The number of hydrogen-bond donors (Lipinski definition) is 1. The van der Waals surface area contributed by atoms with E-state index in [1.807, 2.05) is 7.05 Å². The van der Waals surface area contributed by atoms with Crippen LogP contribution in [0.5, 0.6) is 0 Å². The lowest BCUT2D eigenvalue weighted by Crippen LogP contribution is -2.17. The summed E-state index contributed by atoms with van der Waals surface area (Å²) in [5, 5.41) is 2.95. The Morgan fingerprint density at radius 3 is 2.70 bits per heavy atom. The standard InChI is InChI=1S/C8H19NO/c1-4-5-6-8(2)10-7-9-3/h8-9H,4-7H2,1-3H3. The summed E-state index contributed by atoms with van der Waals surface area (Å²) < 4.78 is 5.38. The number of unbranched alkanes of at least 4 members (excludes halogenated alkanes) is 1. The second-order valence-electron chi connectivity index (χ2n) is 2.62. The van der Waals surface area contributed by atoms with Gasteiger partial charge in [-0.1, -0.05) is 19.8 Å². The van der Waals surface area contributed by atoms with E-state index in [0.29, 0.717) is 12.8 Å². The van der Waals surface area contributed by atoms with Gasteiger partial charge in [0.25, 0.3) is 0 Å². The zero-order chi connectivity index (χ0) is 7.82. The fraction of sp³-hybridized carbons (Fsp3) is 1.00. The summed E-state index contributed by atoms with van der Waals surface area (Å²) >= 11 is 0. The molecule has 0 spiro atoms. The van der Waals surface area contributed by atoms with E-state index in [4.69, 9.17) is 4.74 Å². The van der Waals surface area contributed by atoms with Gasteiger partial charge in [0.1, 0.15) is 0 Å². The van der Waals surface area contributed by atoms with E-state index in [1.165, 1.54) is 19.3 Å². The highest BCUT2D eigenvalue weighted by atomic mass is 16.5. The normalized spacial score (nSPS) is 13.5. The average Bonchev–Trinajstić information content (AvgIpc) is 1.97. The van der Waals surface area contributed by atoms with E-state index in [0.717, 1.165) is 0 Å². The molecule has 1 atom stereocenters. The molecule has 0 aromatic carbocycles. The molecule has 0 aromatic rings. The molecular formula is C8H19NO. The lowest BCUT2D eigenvalue weighted by atomic mass is 10.2. The van der Waals surface area contributed by atoms with Crippen LogP contribution in [-0.4, -0.2) is 19.9 Å². The molecule has 0 radical (unpaired) electrons. The molecule has 0 saturated carbocycles. The Morgan fingerprint density at radius 1 is 1.50 bits per heavy atom. The van der Waals surface area contributed by atoms with Crippen LogP contribution in [0.2, 0.25) is 0 Å². The van der Waals surface area contributed by atoms with Gasteiger partial charge in [0.2, 0.25) is 0 Å². The van der Waals surface area contributed by atoms with Gasteiger partial charge in [-0.25, -0.2) is 0 Å². The zero-order valence-electron chi connectivity index (χ0n) is 7.31. The Balaban J connectivity index is 3.00. The molecule has 0 saturated heterocycles. The maximum Gasteiger partial charge on any atom is 0.0966 e. The van der Waals surface area contributed by atoms with Crippen molar-refractivity contribution in [3.05, 3.63) is 0 Å². The van der Waals surface area contributed by atoms with Crippen LogP contribution in [0, 0.1) is 0 Å². The molecule has 2 nitrogen and oxygen atoms in total. The van der Waals surface area contributed by atoms with Crippen molar-refractivity contribution < 1.29 is 4.74 Å². The highest BCUT2D eigenvalue weighted by Gasteiger charge is 1.98. The Bertz CT molecular complexity index is 58.3. The van der Waals surface area contributed by atoms with E-state index in [9.17, 15) is 0 Å². The van der Waals surface area contributed by atoms with Crippen molar-refractivity contribution in [2.24, 2.45) is 0 Å². The predicted octanol–water partition coefficient (Wildman–Crippen LogP) is 1.76. The predicted molar refractivity (Wildman–Crippen MR) is 44.0 cm³/mol. The molecule has 0 fully saturated rings. The van der Waals surface area contributed by atoms with Crippen LogP contribution in [0.15, 0.2) is 0 Å². The van der Waals surface area contributed by atoms with Crippen molar-refractivity contribution in [2.75, 3.05) is 13.8 Å². The van der Waals surface area contributed by atoms with Gasteiger partial charge >= 0.3 is 0 Å². The summed E-state index contributed by atoms with van der Waals surface area (Å²) in [6, 6.07) is 0. The quantitative estimate of drug-likeness (QED) is 0.575. The van der Waals surface area contributed by atoms with Gasteiger partial charge in [-0.3, -0.25) is 5.32 Å². The van der Waals surface area contributed by atoms with Crippen LogP contribution in [-0.2, 0) is 4.74 Å². The molecular weight excluding hydrogens is 126 g/mol. The van der Waals surface area contributed by atoms with Crippen LogP contribution in [0.1, 0.15) is 33.1 Å². The van der Waals surface area contributed by atoms with Gasteiger partial charge < -0.3 is 4.74 Å². The van der Waals surface area contributed by atoms with Gasteiger partial charge in [0, 0.05) is 0 Å². The third kappa shape index (κ3) is 6.05. The van der Waals surface area contributed by atoms with Crippen LogP contribution >= 0.6 is 0 Å². The lowest BCUT2D eigenvalue weighted by Gasteiger charge is -2.10. The van der Waals surface area contributed by atoms with Crippen molar-refractivity contribution in [3.8, 4) is 0 Å². The van der Waals surface area contributed by atoms with Crippen molar-refractivity contribution in [1.29, 1.82) is 0 Å². The molecule has 2 heteroatoms. The molecule has 1 unspecified atom stereocenters. The molecule has 1 N–H and O–H groups in total. The molecule has 0 aromatic heterocycles. The van der Waals surface area contributed by atoms with E-state index in [-0.39, 0.29) is 0 Å². The minimum Gasteiger partial charge on any atom is -0.363 e. The van der Waals surface area contributed by atoms with Gasteiger partial charge in [0.05, 0.1) is 12.8 Å². The summed E-state index contributed by atoms with van der Waals surface area (Å²) in [5.41, 5.74) is 0. The Hall–Kier alpha value is -0.0800. The summed E-state index contributed by atoms with van der Waals surface area (Å²) in [6.45, 7) is 4.99. The highest BCUT2D eigenvalue weighted by molar-refractivity contribution is 4.48. The molecule has 0 amide bonds. The van der Waals surface area contributed by atoms with E-state index in [1.54, 1.807) is 0 Å².